The van der Waals surface area contributed by atoms with E-state index in [0.29, 0.717) is 11.8 Å². The third-order valence-corrected chi connectivity index (χ3v) is 11.2. The number of benzene rings is 1. The molecule has 2 heteroatoms. The molecule has 1 aromatic carbocycles. The number of hydrogen-bond donors (Lipinski definition) is 0. The summed E-state index contributed by atoms with van der Waals surface area (Å²) in [6, 6.07) is 10.3. The van der Waals surface area contributed by atoms with Crippen LogP contribution in [0.1, 0.15) is 151 Å². The van der Waals surface area contributed by atoms with E-state index in [1.54, 1.807) is 22.3 Å². The zero-order chi connectivity index (χ0) is 27.1. The quantitative estimate of drug-likeness (QED) is 0.165. The summed E-state index contributed by atoms with van der Waals surface area (Å²) >= 11 is 4.10. The summed E-state index contributed by atoms with van der Waals surface area (Å²) in [6.45, 7) is 18.8. The normalized spacial score (nSPS) is 13.4. The van der Waals surface area contributed by atoms with E-state index in [4.69, 9.17) is 0 Å². The fourth-order valence-electron chi connectivity index (χ4n) is 6.56. The summed E-state index contributed by atoms with van der Waals surface area (Å²) in [5.74, 6) is 1.14. The van der Waals surface area contributed by atoms with Crippen molar-refractivity contribution in [2.24, 2.45) is 0 Å². The van der Waals surface area contributed by atoms with Crippen molar-refractivity contribution in [1.82, 2.24) is 0 Å². The van der Waals surface area contributed by atoms with Gasteiger partial charge in [0.25, 0.3) is 0 Å². The van der Waals surface area contributed by atoms with Crippen LogP contribution >= 0.6 is 22.7 Å². The summed E-state index contributed by atoms with van der Waals surface area (Å²) in [6.07, 6.45) is 9.68. The lowest BCUT2D eigenvalue weighted by atomic mass is 9.89. The molecular weight excluding hydrogens is 497 g/mol. The van der Waals surface area contributed by atoms with E-state index < -0.39 is 0 Å². The molecule has 0 fully saturated rings. The number of rotatable bonds is 10. The monoisotopic (exact) mass is 542 g/mol. The molecule has 0 nitrogen and oxygen atoms in total. The first-order chi connectivity index (χ1) is 18.3. The average molecular weight is 543 g/mol. The Bertz CT molecular complexity index is 1280. The summed E-state index contributed by atoms with van der Waals surface area (Å²) in [5, 5.41) is 0. The molecule has 0 aliphatic heterocycles. The molecule has 2 aromatic heterocycles. The molecule has 38 heavy (non-hydrogen) atoms. The first-order valence-electron chi connectivity index (χ1n) is 15.3. The van der Waals surface area contributed by atoms with E-state index in [0.717, 1.165) is 0 Å². The van der Waals surface area contributed by atoms with Crippen LogP contribution < -0.4 is 0 Å². The minimum Gasteiger partial charge on any atom is -0.139 e. The number of fused-ring (bicyclic) bond motifs is 6. The molecule has 0 saturated heterocycles. The molecule has 0 unspecified atom stereocenters. The van der Waals surface area contributed by atoms with Gasteiger partial charge in [0.2, 0.25) is 0 Å². The molecule has 5 rings (SSSR count). The lowest BCUT2D eigenvalue weighted by Gasteiger charge is -2.16. The lowest BCUT2D eigenvalue weighted by molar-refractivity contribution is 0.806. The zero-order valence-corrected chi connectivity index (χ0v) is 26.6. The number of thiophene rings is 2. The van der Waals surface area contributed by atoms with Crippen molar-refractivity contribution in [2.45, 2.75) is 119 Å². The fourth-order valence-corrected chi connectivity index (χ4v) is 8.95. The fraction of sp³-hybridized carbons (Fsp3) is 0.500. The first-order valence-corrected chi connectivity index (χ1v) is 16.9. The van der Waals surface area contributed by atoms with Gasteiger partial charge in [-0.05, 0) is 84.1 Å². The van der Waals surface area contributed by atoms with Crippen molar-refractivity contribution < 1.29 is 0 Å². The van der Waals surface area contributed by atoms with Gasteiger partial charge in [0.1, 0.15) is 0 Å². The highest BCUT2D eigenvalue weighted by Gasteiger charge is 2.35. The van der Waals surface area contributed by atoms with Crippen LogP contribution in [0.5, 0.6) is 0 Å². The van der Waals surface area contributed by atoms with Gasteiger partial charge in [0.15, 0.2) is 0 Å². The predicted octanol–water partition coefficient (Wildman–Crippen LogP) is 12.8. The third kappa shape index (κ3) is 4.60. The molecule has 0 saturated carbocycles. The van der Waals surface area contributed by atoms with Crippen LogP contribution in [-0.4, -0.2) is 0 Å². The Hall–Kier alpha value is -1.90. The standard InChI is InChI=1S/C36H46S2/c1-9-13-23(14-10-2)33-25-17-28-26(18-27(25)35-29(33)19-31(37-35)21(5)6)34(24(15-11-3)16-12-4)30-20-32(22(7)8)38-36(28)30/h17-22H,9-16H2,1-8H3. The molecule has 202 valence electrons. The van der Waals surface area contributed by atoms with Crippen LogP contribution in [0.4, 0.5) is 0 Å². The minimum absolute atomic E-state index is 0.572. The SMILES string of the molecule is CCCC(CCC)=C1c2cc3c(cc2-c2sc(C(C)C)cc21)C(=C(CCC)CCC)c1cc(C(C)C)sc1-3. The maximum absolute atomic E-state index is 2.62. The Morgan fingerprint density at radius 2 is 0.842 bits per heavy atom. The van der Waals surface area contributed by atoms with Gasteiger partial charge in [0.05, 0.1) is 0 Å². The van der Waals surface area contributed by atoms with Crippen LogP contribution in [0.15, 0.2) is 35.4 Å². The second-order valence-electron chi connectivity index (χ2n) is 12.0. The summed E-state index contributed by atoms with van der Waals surface area (Å²) in [4.78, 5) is 6.10. The minimum atomic E-state index is 0.572. The molecule has 2 aliphatic carbocycles. The van der Waals surface area contributed by atoms with Crippen LogP contribution in [0, 0.1) is 0 Å². The van der Waals surface area contributed by atoms with Crippen molar-refractivity contribution in [3.05, 3.63) is 67.4 Å². The Labute approximate surface area is 239 Å². The molecule has 2 heterocycles. The summed E-state index contributed by atoms with van der Waals surface area (Å²) in [5.41, 5.74) is 15.6. The van der Waals surface area contributed by atoms with Crippen LogP contribution in [0.2, 0.25) is 0 Å². The molecule has 0 amide bonds. The van der Waals surface area contributed by atoms with Gasteiger partial charge in [-0.25, -0.2) is 0 Å². The average Bonchev–Trinajstić information content (AvgIpc) is 3.61. The highest BCUT2D eigenvalue weighted by Crippen LogP contribution is 2.58. The van der Waals surface area contributed by atoms with Crippen LogP contribution in [0.3, 0.4) is 0 Å². The second-order valence-corrected chi connectivity index (χ2v) is 14.2. The van der Waals surface area contributed by atoms with E-state index in [2.05, 4.69) is 102 Å². The zero-order valence-electron chi connectivity index (χ0n) is 24.9. The van der Waals surface area contributed by atoms with Gasteiger partial charge in [0, 0.05) is 41.8 Å². The highest BCUT2D eigenvalue weighted by molar-refractivity contribution is 7.16. The van der Waals surface area contributed by atoms with Gasteiger partial charge in [-0.3, -0.25) is 0 Å². The number of allylic oxidation sites excluding steroid dienone is 2. The van der Waals surface area contributed by atoms with E-state index in [-0.39, 0.29) is 0 Å². The van der Waals surface area contributed by atoms with Crippen LogP contribution in [-0.2, 0) is 0 Å². The Balaban J connectivity index is 1.83. The molecule has 0 atom stereocenters. The first kappa shape index (κ1) is 27.7. The maximum atomic E-state index is 2.62. The third-order valence-electron chi connectivity index (χ3n) is 8.28. The lowest BCUT2D eigenvalue weighted by Crippen LogP contribution is -1.95. The number of hydrogen-bond acceptors (Lipinski definition) is 2. The highest BCUT2D eigenvalue weighted by atomic mass is 32.1. The van der Waals surface area contributed by atoms with Gasteiger partial charge in [-0.2, -0.15) is 0 Å². The van der Waals surface area contributed by atoms with E-state index in [9.17, 15) is 0 Å². The van der Waals surface area contributed by atoms with Crippen LogP contribution in [0.25, 0.3) is 32.0 Å². The smallest absolute Gasteiger partial charge is 0.0430 e. The summed E-state index contributed by atoms with van der Waals surface area (Å²) in [7, 11) is 0. The maximum Gasteiger partial charge on any atom is 0.0430 e. The second kappa shape index (κ2) is 11.3. The molecule has 0 radical (unpaired) electrons. The molecular formula is C36H46S2. The Kier molecular flexibility index (Phi) is 8.22. The van der Waals surface area contributed by atoms with E-state index in [1.165, 1.54) is 104 Å². The van der Waals surface area contributed by atoms with Gasteiger partial charge in [-0.1, -0.05) is 92.2 Å². The van der Waals surface area contributed by atoms with Gasteiger partial charge in [-0.15, -0.1) is 22.7 Å². The van der Waals surface area contributed by atoms with Crippen molar-refractivity contribution in [3.8, 4) is 20.9 Å². The molecule has 0 N–H and O–H groups in total. The van der Waals surface area contributed by atoms with Gasteiger partial charge < -0.3 is 0 Å². The Morgan fingerprint density at radius 3 is 1.13 bits per heavy atom. The predicted molar refractivity (Wildman–Crippen MR) is 173 cm³/mol. The van der Waals surface area contributed by atoms with Crippen molar-refractivity contribution in [1.29, 1.82) is 0 Å². The molecule has 3 aromatic rings. The van der Waals surface area contributed by atoms with Crippen molar-refractivity contribution in [3.63, 3.8) is 0 Å². The summed E-state index contributed by atoms with van der Waals surface area (Å²) < 4.78 is 0. The Morgan fingerprint density at radius 1 is 0.500 bits per heavy atom. The van der Waals surface area contributed by atoms with Gasteiger partial charge >= 0.3 is 0 Å². The molecule has 0 spiro atoms. The van der Waals surface area contributed by atoms with Crippen molar-refractivity contribution in [2.75, 3.05) is 0 Å². The van der Waals surface area contributed by atoms with Crippen molar-refractivity contribution >= 4 is 33.8 Å². The van der Waals surface area contributed by atoms with E-state index >= 15 is 0 Å². The topological polar surface area (TPSA) is 0 Å². The molecule has 0 bridgehead atoms. The van der Waals surface area contributed by atoms with E-state index in [1.807, 2.05) is 0 Å². The largest absolute Gasteiger partial charge is 0.139 e. The molecule has 2 aliphatic rings.